The van der Waals surface area contributed by atoms with E-state index < -0.39 is 9.84 Å². The maximum absolute atomic E-state index is 12.1. The van der Waals surface area contributed by atoms with Crippen LogP contribution in [0.4, 0.5) is 5.69 Å². The molecule has 0 bridgehead atoms. The highest BCUT2D eigenvalue weighted by atomic mass is 32.2. The summed E-state index contributed by atoms with van der Waals surface area (Å²) in [7, 11) is -3.01. The van der Waals surface area contributed by atoms with Crippen LogP contribution >= 0.6 is 0 Å². The normalized spacial score (nSPS) is 22.7. The number of hydrogen-bond donors (Lipinski definition) is 4. The predicted molar refractivity (Wildman–Crippen MR) is 116 cm³/mol. The largest absolute Gasteiger partial charge is 0.357 e. The smallest absolute Gasteiger partial charge is 0.225 e. The van der Waals surface area contributed by atoms with Gasteiger partial charge in [0.05, 0.1) is 18.1 Å². The fourth-order valence-corrected chi connectivity index (χ4v) is 5.38. The number of para-hydroxylation sites is 1. The minimum atomic E-state index is -3.01. The van der Waals surface area contributed by atoms with Gasteiger partial charge in [-0.05, 0) is 25.0 Å². The molecule has 0 saturated carbocycles. The van der Waals surface area contributed by atoms with E-state index in [0.717, 1.165) is 11.3 Å². The van der Waals surface area contributed by atoms with E-state index in [-0.39, 0.29) is 41.7 Å². The molecule has 30 heavy (non-hydrogen) atoms. The van der Waals surface area contributed by atoms with Crippen molar-refractivity contribution >= 4 is 33.3 Å². The van der Waals surface area contributed by atoms with Crippen molar-refractivity contribution in [2.24, 2.45) is 4.99 Å². The molecule has 2 aliphatic heterocycles. The van der Waals surface area contributed by atoms with Gasteiger partial charge in [-0.3, -0.25) is 14.6 Å². The first kappa shape index (κ1) is 22.1. The molecule has 0 aromatic heterocycles. The second-order valence-corrected chi connectivity index (χ2v) is 9.83. The minimum Gasteiger partial charge on any atom is -0.357 e. The lowest BCUT2D eigenvalue weighted by atomic mass is 9.91. The summed E-state index contributed by atoms with van der Waals surface area (Å²) in [4.78, 5) is 28.6. The van der Waals surface area contributed by atoms with Gasteiger partial charge in [0.1, 0.15) is 0 Å². The Hall–Kier alpha value is -2.62. The molecule has 0 aliphatic carbocycles. The van der Waals surface area contributed by atoms with Crippen LogP contribution in [0.1, 0.15) is 37.7 Å². The molecule has 10 heteroatoms. The Kier molecular flexibility index (Phi) is 7.30. The van der Waals surface area contributed by atoms with Crippen molar-refractivity contribution in [3.8, 4) is 0 Å². The SMILES string of the molecule is CCNC(=NCC1CC(=O)Nc2ccccc21)NCCC(=O)NC1CCS(=O)(=O)C1. The number of nitrogens with zero attached hydrogens (tertiary/aromatic N) is 1. The maximum atomic E-state index is 12.1. The van der Waals surface area contributed by atoms with Crippen molar-refractivity contribution in [1.82, 2.24) is 16.0 Å². The van der Waals surface area contributed by atoms with Gasteiger partial charge in [0.2, 0.25) is 11.8 Å². The van der Waals surface area contributed by atoms with Crippen LogP contribution in [0, 0.1) is 0 Å². The lowest BCUT2D eigenvalue weighted by Crippen LogP contribution is -2.41. The number of hydrogen-bond acceptors (Lipinski definition) is 5. The number of amides is 2. The molecular weight excluding hydrogens is 406 g/mol. The molecule has 0 radical (unpaired) electrons. The third-order valence-corrected chi connectivity index (χ3v) is 6.93. The average molecular weight is 436 g/mol. The molecule has 3 rings (SSSR count). The lowest BCUT2D eigenvalue weighted by molar-refractivity contribution is -0.121. The molecule has 2 aliphatic rings. The summed E-state index contributed by atoms with van der Waals surface area (Å²) < 4.78 is 23.0. The van der Waals surface area contributed by atoms with Crippen LogP contribution in [-0.4, -0.2) is 63.4 Å². The quantitative estimate of drug-likeness (QED) is 0.362. The number of anilines is 1. The second-order valence-electron chi connectivity index (χ2n) is 7.60. The highest BCUT2D eigenvalue weighted by Gasteiger charge is 2.28. The molecule has 2 amide bonds. The van der Waals surface area contributed by atoms with Gasteiger partial charge in [-0.15, -0.1) is 0 Å². The lowest BCUT2D eigenvalue weighted by Gasteiger charge is -2.24. The van der Waals surface area contributed by atoms with Gasteiger partial charge in [0.25, 0.3) is 0 Å². The number of carbonyl (C=O) groups excluding carboxylic acids is 2. The Balaban J connectivity index is 1.50. The van der Waals surface area contributed by atoms with E-state index in [1.54, 1.807) is 0 Å². The summed E-state index contributed by atoms with van der Waals surface area (Å²) in [5.74, 6) is 0.536. The first-order chi connectivity index (χ1) is 14.4. The van der Waals surface area contributed by atoms with Gasteiger partial charge in [-0.2, -0.15) is 0 Å². The van der Waals surface area contributed by atoms with Crippen LogP contribution in [0.5, 0.6) is 0 Å². The van der Waals surface area contributed by atoms with Gasteiger partial charge in [-0.25, -0.2) is 8.42 Å². The summed E-state index contributed by atoms with van der Waals surface area (Å²) in [6.45, 7) is 3.44. The van der Waals surface area contributed by atoms with Crippen molar-refractivity contribution < 1.29 is 18.0 Å². The number of aliphatic imine (C=N–C) groups is 1. The zero-order valence-corrected chi connectivity index (χ0v) is 17.9. The van der Waals surface area contributed by atoms with Crippen molar-refractivity contribution in [2.45, 2.75) is 38.1 Å². The van der Waals surface area contributed by atoms with Crippen LogP contribution < -0.4 is 21.3 Å². The predicted octanol–water partition coefficient (Wildman–Crippen LogP) is 0.361. The molecule has 9 nitrogen and oxygen atoms in total. The van der Waals surface area contributed by atoms with Crippen LogP contribution in [0.2, 0.25) is 0 Å². The fraction of sp³-hybridized carbons (Fsp3) is 0.550. The van der Waals surface area contributed by atoms with Crippen LogP contribution in [0.15, 0.2) is 29.3 Å². The number of nitrogens with one attached hydrogen (secondary N) is 4. The van der Waals surface area contributed by atoms with E-state index in [4.69, 9.17) is 0 Å². The van der Waals surface area contributed by atoms with Crippen molar-refractivity contribution in [3.05, 3.63) is 29.8 Å². The number of rotatable bonds is 7. The Morgan fingerprint density at radius 3 is 2.80 bits per heavy atom. The van der Waals surface area contributed by atoms with Gasteiger partial charge >= 0.3 is 0 Å². The first-order valence-corrected chi connectivity index (χ1v) is 12.1. The summed E-state index contributed by atoms with van der Waals surface area (Å²) in [6, 6.07) is 7.44. The van der Waals surface area contributed by atoms with E-state index in [2.05, 4.69) is 26.3 Å². The van der Waals surface area contributed by atoms with Crippen LogP contribution in [0.25, 0.3) is 0 Å². The maximum Gasteiger partial charge on any atom is 0.225 e. The molecule has 2 heterocycles. The van der Waals surface area contributed by atoms with Crippen molar-refractivity contribution in [1.29, 1.82) is 0 Å². The fourth-order valence-electron chi connectivity index (χ4n) is 3.71. The molecule has 1 saturated heterocycles. The van der Waals surface area contributed by atoms with Crippen LogP contribution in [-0.2, 0) is 19.4 Å². The van der Waals surface area contributed by atoms with E-state index in [1.807, 2.05) is 31.2 Å². The third-order valence-electron chi connectivity index (χ3n) is 5.16. The Morgan fingerprint density at radius 1 is 1.27 bits per heavy atom. The van der Waals surface area contributed by atoms with Gasteiger partial charge < -0.3 is 21.3 Å². The van der Waals surface area contributed by atoms with Crippen molar-refractivity contribution in [3.63, 3.8) is 0 Å². The zero-order valence-electron chi connectivity index (χ0n) is 17.1. The zero-order chi connectivity index (χ0) is 21.6. The van der Waals surface area contributed by atoms with Gasteiger partial charge in [0.15, 0.2) is 15.8 Å². The second kappa shape index (κ2) is 9.92. The molecular formula is C20H29N5O4S. The molecule has 1 aromatic carbocycles. The summed E-state index contributed by atoms with van der Waals surface area (Å²) in [5.41, 5.74) is 1.90. The van der Waals surface area contributed by atoms with E-state index in [1.165, 1.54) is 0 Å². The first-order valence-electron chi connectivity index (χ1n) is 10.3. The molecule has 1 aromatic rings. The van der Waals surface area contributed by atoms with Gasteiger partial charge in [-0.1, -0.05) is 18.2 Å². The summed E-state index contributed by atoms with van der Waals surface area (Å²) in [5, 5.41) is 11.9. The monoisotopic (exact) mass is 435 g/mol. The molecule has 2 atom stereocenters. The Labute approximate surface area is 177 Å². The van der Waals surface area contributed by atoms with E-state index in [9.17, 15) is 18.0 Å². The molecule has 2 unspecified atom stereocenters. The Bertz CT molecular complexity index is 916. The number of guanidine groups is 1. The molecule has 164 valence electrons. The average Bonchev–Trinajstić information content (AvgIpc) is 3.03. The van der Waals surface area contributed by atoms with E-state index in [0.29, 0.717) is 38.4 Å². The third kappa shape index (κ3) is 6.19. The van der Waals surface area contributed by atoms with Gasteiger partial charge in [0, 0.05) is 43.6 Å². The molecule has 0 spiro atoms. The summed E-state index contributed by atoms with van der Waals surface area (Å²) >= 11 is 0. The number of benzene rings is 1. The number of fused-ring (bicyclic) bond motifs is 1. The van der Waals surface area contributed by atoms with Crippen molar-refractivity contribution in [2.75, 3.05) is 36.5 Å². The Morgan fingerprint density at radius 2 is 2.07 bits per heavy atom. The van der Waals surface area contributed by atoms with E-state index >= 15 is 0 Å². The number of sulfone groups is 1. The molecule has 4 N–H and O–H groups in total. The highest BCUT2D eigenvalue weighted by molar-refractivity contribution is 7.91. The highest BCUT2D eigenvalue weighted by Crippen LogP contribution is 2.31. The minimum absolute atomic E-state index is 0.00183. The summed E-state index contributed by atoms with van der Waals surface area (Å²) in [6.07, 6.45) is 1.07. The molecule has 1 fully saturated rings. The topological polar surface area (TPSA) is 129 Å². The van der Waals surface area contributed by atoms with Crippen LogP contribution in [0.3, 0.4) is 0 Å². The number of carbonyl (C=O) groups is 2. The standard InChI is InChI=1S/C20H29N5O4S/c1-2-21-20(22-9-7-18(26)24-15-8-10-30(28,29)13-15)23-12-14-11-19(27)25-17-6-4-3-5-16(14)17/h3-6,14-15H,2,7-13H2,1H3,(H,24,26)(H,25,27)(H2,21,22,23).